The summed E-state index contributed by atoms with van der Waals surface area (Å²) in [6.45, 7) is 2.46. The van der Waals surface area contributed by atoms with E-state index < -0.39 is 5.82 Å². The molecule has 4 heteroatoms. The lowest BCUT2D eigenvalue weighted by Crippen LogP contribution is -2.09. The van der Waals surface area contributed by atoms with Crippen LogP contribution in [0.2, 0.25) is 5.02 Å². The van der Waals surface area contributed by atoms with Crippen molar-refractivity contribution in [3.05, 3.63) is 34.6 Å². The van der Waals surface area contributed by atoms with Crippen molar-refractivity contribution in [2.24, 2.45) is 0 Å². The van der Waals surface area contributed by atoms with Crippen molar-refractivity contribution in [3.8, 4) is 0 Å². The van der Waals surface area contributed by atoms with Crippen LogP contribution in [0.5, 0.6) is 0 Å². The van der Waals surface area contributed by atoms with Gasteiger partial charge in [-0.3, -0.25) is 4.79 Å². The maximum absolute atomic E-state index is 13.0. The third-order valence-electron chi connectivity index (χ3n) is 1.82. The highest BCUT2D eigenvalue weighted by molar-refractivity contribution is 6.30. The number of rotatable bonds is 5. The first-order valence-electron chi connectivity index (χ1n) is 4.71. The summed E-state index contributed by atoms with van der Waals surface area (Å²) < 4.78 is 18.1. The van der Waals surface area contributed by atoms with Crippen LogP contribution in [0.4, 0.5) is 4.39 Å². The van der Waals surface area contributed by atoms with Gasteiger partial charge in [0, 0.05) is 12.2 Å². The molecule has 0 saturated carbocycles. The molecule has 0 heterocycles. The van der Waals surface area contributed by atoms with Crippen LogP contribution in [0, 0.1) is 5.82 Å². The van der Waals surface area contributed by atoms with Crippen LogP contribution in [-0.2, 0) is 4.74 Å². The van der Waals surface area contributed by atoms with Crippen LogP contribution in [0.15, 0.2) is 18.2 Å². The minimum absolute atomic E-state index is 0.0148. The fourth-order valence-corrected chi connectivity index (χ4v) is 1.18. The zero-order valence-corrected chi connectivity index (χ0v) is 9.18. The quantitative estimate of drug-likeness (QED) is 0.574. The standard InChI is InChI=1S/C11H12ClFO2/c1-2-5-15-7-11(14)8-3-4-9(12)10(13)6-8/h3-4,6H,2,5,7H2,1H3. The van der Waals surface area contributed by atoms with E-state index in [0.717, 1.165) is 12.5 Å². The molecule has 82 valence electrons. The van der Waals surface area contributed by atoms with Gasteiger partial charge in [0.25, 0.3) is 0 Å². The molecule has 1 rings (SSSR count). The number of hydrogen-bond acceptors (Lipinski definition) is 2. The van der Waals surface area contributed by atoms with Crippen LogP contribution in [-0.4, -0.2) is 19.0 Å². The average Bonchev–Trinajstić information content (AvgIpc) is 2.22. The molecule has 2 nitrogen and oxygen atoms in total. The van der Waals surface area contributed by atoms with Gasteiger partial charge in [0.05, 0.1) is 5.02 Å². The normalized spacial score (nSPS) is 10.3. The highest BCUT2D eigenvalue weighted by atomic mass is 35.5. The summed E-state index contributed by atoms with van der Waals surface area (Å²) >= 11 is 5.49. The van der Waals surface area contributed by atoms with E-state index in [4.69, 9.17) is 16.3 Å². The van der Waals surface area contributed by atoms with Gasteiger partial charge in [-0.15, -0.1) is 0 Å². The Kier molecular flexibility index (Phi) is 4.72. The molecule has 0 spiro atoms. The van der Waals surface area contributed by atoms with Gasteiger partial charge in [0.2, 0.25) is 0 Å². The molecule has 1 aromatic rings. The fourth-order valence-electron chi connectivity index (χ4n) is 1.06. The fraction of sp³-hybridized carbons (Fsp3) is 0.364. The summed E-state index contributed by atoms with van der Waals surface area (Å²) in [5.41, 5.74) is 0.285. The highest BCUT2D eigenvalue weighted by Gasteiger charge is 2.08. The molecule has 15 heavy (non-hydrogen) atoms. The van der Waals surface area contributed by atoms with E-state index in [1.807, 2.05) is 6.92 Å². The topological polar surface area (TPSA) is 26.3 Å². The predicted octanol–water partition coefficient (Wildman–Crippen LogP) is 3.09. The molecule has 0 atom stereocenters. The summed E-state index contributed by atoms with van der Waals surface area (Å²) in [4.78, 5) is 11.4. The highest BCUT2D eigenvalue weighted by Crippen LogP contribution is 2.15. The molecule has 0 amide bonds. The number of ether oxygens (including phenoxy) is 1. The number of carbonyl (C=O) groups excluding carboxylic acids is 1. The van der Waals surface area contributed by atoms with Gasteiger partial charge in [-0.05, 0) is 24.6 Å². The SMILES string of the molecule is CCCOCC(=O)c1ccc(Cl)c(F)c1. The number of benzene rings is 1. The van der Waals surface area contributed by atoms with E-state index in [-0.39, 0.29) is 23.0 Å². The van der Waals surface area contributed by atoms with Crippen molar-refractivity contribution < 1.29 is 13.9 Å². The van der Waals surface area contributed by atoms with Crippen molar-refractivity contribution in [1.82, 2.24) is 0 Å². The van der Waals surface area contributed by atoms with Crippen LogP contribution >= 0.6 is 11.6 Å². The minimum Gasteiger partial charge on any atom is -0.373 e. The van der Waals surface area contributed by atoms with E-state index in [1.165, 1.54) is 12.1 Å². The number of halogens is 2. The van der Waals surface area contributed by atoms with E-state index in [9.17, 15) is 9.18 Å². The molecule has 0 fully saturated rings. The van der Waals surface area contributed by atoms with Crippen molar-refractivity contribution in [2.75, 3.05) is 13.2 Å². The Morgan fingerprint density at radius 3 is 2.87 bits per heavy atom. The minimum atomic E-state index is -0.585. The smallest absolute Gasteiger partial charge is 0.188 e. The van der Waals surface area contributed by atoms with Crippen LogP contribution in [0.25, 0.3) is 0 Å². The lowest BCUT2D eigenvalue weighted by atomic mass is 10.1. The van der Waals surface area contributed by atoms with E-state index in [0.29, 0.717) is 6.61 Å². The van der Waals surface area contributed by atoms with Crippen molar-refractivity contribution in [1.29, 1.82) is 0 Å². The molecule has 0 aliphatic carbocycles. The summed E-state index contributed by atoms with van der Waals surface area (Å²) in [6, 6.07) is 3.98. The second-order valence-corrected chi connectivity index (χ2v) is 3.51. The Labute approximate surface area is 93.0 Å². The first-order chi connectivity index (χ1) is 7.15. The average molecular weight is 231 g/mol. The van der Waals surface area contributed by atoms with E-state index in [1.54, 1.807) is 0 Å². The zero-order chi connectivity index (χ0) is 11.3. The molecule has 0 saturated heterocycles. The van der Waals surface area contributed by atoms with Crippen LogP contribution in [0.1, 0.15) is 23.7 Å². The van der Waals surface area contributed by atoms with Crippen LogP contribution < -0.4 is 0 Å². The predicted molar refractivity (Wildman–Crippen MR) is 56.9 cm³/mol. The summed E-state index contributed by atoms with van der Waals surface area (Å²) in [7, 11) is 0. The summed E-state index contributed by atoms with van der Waals surface area (Å²) in [5.74, 6) is -0.822. The number of ketones is 1. The van der Waals surface area contributed by atoms with Gasteiger partial charge in [-0.2, -0.15) is 0 Å². The van der Waals surface area contributed by atoms with Crippen molar-refractivity contribution >= 4 is 17.4 Å². The monoisotopic (exact) mass is 230 g/mol. The first kappa shape index (κ1) is 12.1. The number of carbonyl (C=O) groups is 1. The Morgan fingerprint density at radius 1 is 1.53 bits per heavy atom. The molecule has 0 aromatic heterocycles. The molecular weight excluding hydrogens is 219 g/mol. The van der Waals surface area contributed by atoms with Crippen molar-refractivity contribution in [2.45, 2.75) is 13.3 Å². The van der Waals surface area contributed by atoms with Gasteiger partial charge in [0.15, 0.2) is 5.78 Å². The lowest BCUT2D eigenvalue weighted by Gasteiger charge is -2.02. The first-order valence-corrected chi connectivity index (χ1v) is 5.09. The molecule has 0 aliphatic heterocycles. The molecular formula is C11H12ClFO2. The van der Waals surface area contributed by atoms with Gasteiger partial charge >= 0.3 is 0 Å². The molecule has 0 bridgehead atoms. The lowest BCUT2D eigenvalue weighted by molar-refractivity contribution is 0.0761. The summed E-state index contributed by atoms with van der Waals surface area (Å²) in [6.07, 6.45) is 0.849. The molecule has 0 unspecified atom stereocenters. The van der Waals surface area contributed by atoms with Crippen molar-refractivity contribution in [3.63, 3.8) is 0 Å². The number of Topliss-reactive ketones (excluding diaryl/α,β-unsaturated/α-hetero) is 1. The Bertz CT molecular complexity index is 352. The second-order valence-electron chi connectivity index (χ2n) is 3.10. The Balaban J connectivity index is 2.62. The van der Waals surface area contributed by atoms with Gasteiger partial charge in [-0.1, -0.05) is 18.5 Å². The van der Waals surface area contributed by atoms with E-state index >= 15 is 0 Å². The second kappa shape index (κ2) is 5.83. The van der Waals surface area contributed by atoms with Gasteiger partial charge in [-0.25, -0.2) is 4.39 Å². The van der Waals surface area contributed by atoms with Gasteiger partial charge < -0.3 is 4.74 Å². The Morgan fingerprint density at radius 2 is 2.27 bits per heavy atom. The van der Waals surface area contributed by atoms with Gasteiger partial charge in [0.1, 0.15) is 12.4 Å². The van der Waals surface area contributed by atoms with Crippen LogP contribution in [0.3, 0.4) is 0 Å². The zero-order valence-electron chi connectivity index (χ0n) is 8.43. The number of hydrogen-bond donors (Lipinski definition) is 0. The van der Waals surface area contributed by atoms with E-state index in [2.05, 4.69) is 0 Å². The molecule has 0 radical (unpaired) electrons. The summed E-state index contributed by atoms with van der Waals surface area (Å²) in [5, 5.41) is 0.0148. The maximum atomic E-state index is 13.0. The third-order valence-corrected chi connectivity index (χ3v) is 2.13. The maximum Gasteiger partial charge on any atom is 0.188 e. The molecule has 0 aliphatic rings. The largest absolute Gasteiger partial charge is 0.373 e. The molecule has 0 N–H and O–H groups in total. The third kappa shape index (κ3) is 3.61. The Hall–Kier alpha value is -0.930. The molecule has 1 aromatic carbocycles.